The number of nitrogens with zero attached hydrogens (tertiary/aromatic N) is 4. The van der Waals surface area contributed by atoms with Crippen molar-refractivity contribution < 1.29 is 26.4 Å². The minimum atomic E-state index is -3.98. The molecule has 0 saturated carbocycles. The van der Waals surface area contributed by atoms with E-state index in [1.807, 2.05) is 13.8 Å². The summed E-state index contributed by atoms with van der Waals surface area (Å²) in [6, 6.07) is 16.6. The fourth-order valence-corrected chi connectivity index (χ4v) is 9.77. The summed E-state index contributed by atoms with van der Waals surface area (Å²) in [6.45, 7) is 4.60. The molecule has 1 saturated heterocycles. The van der Waals surface area contributed by atoms with Gasteiger partial charge in [0, 0.05) is 71.9 Å². The monoisotopic (exact) mass is 604 g/mol. The molecule has 0 aromatic heterocycles. The number of hydrogen-bond acceptors (Lipinski definition) is 6. The maximum Gasteiger partial charge on any atom is 0.258 e. The van der Waals surface area contributed by atoms with Gasteiger partial charge in [0.15, 0.2) is 0 Å². The molecule has 3 aliphatic heterocycles. The highest BCUT2D eigenvalue weighted by molar-refractivity contribution is 7.89. The van der Waals surface area contributed by atoms with Gasteiger partial charge in [0.05, 0.1) is 21.2 Å². The van der Waals surface area contributed by atoms with Gasteiger partial charge in [-0.05, 0) is 50.2 Å². The molecule has 3 heterocycles. The molecule has 7 rings (SSSR count). The zero-order valence-electron chi connectivity index (χ0n) is 23.1. The molecule has 1 fully saturated rings. The Labute approximate surface area is 243 Å². The highest BCUT2D eigenvalue weighted by atomic mass is 32.2. The lowest BCUT2D eigenvalue weighted by Gasteiger charge is -2.33. The zero-order valence-corrected chi connectivity index (χ0v) is 24.7. The Morgan fingerprint density at radius 2 is 0.952 bits per heavy atom. The molecule has 216 valence electrons. The largest absolute Gasteiger partial charge is 0.308 e. The number of carbonyl (C=O) groups excluding carboxylic acids is 2. The van der Waals surface area contributed by atoms with E-state index in [9.17, 15) is 26.4 Å². The molecule has 4 aromatic rings. The van der Waals surface area contributed by atoms with E-state index in [1.165, 1.54) is 20.7 Å². The number of benzene rings is 4. The number of carbonyl (C=O) groups is 2. The minimum Gasteiger partial charge on any atom is -0.308 e. The van der Waals surface area contributed by atoms with E-state index in [0.717, 1.165) is 0 Å². The number of hydrogen-bond donors (Lipinski definition) is 0. The van der Waals surface area contributed by atoms with Crippen LogP contribution in [-0.4, -0.2) is 76.5 Å². The van der Waals surface area contributed by atoms with E-state index >= 15 is 0 Å². The van der Waals surface area contributed by atoms with E-state index in [-0.39, 0.29) is 47.8 Å². The SMILES string of the molecule is CCN1C(=O)c2cccc3c(S(=O)(=O)N4CCN(S(=O)(=O)c5ccc6c7c(cccc57)C(=O)N6CC)CC4)ccc1c23. The van der Waals surface area contributed by atoms with Crippen molar-refractivity contribution in [1.82, 2.24) is 8.61 Å². The van der Waals surface area contributed by atoms with Crippen LogP contribution in [0.3, 0.4) is 0 Å². The number of anilines is 2. The van der Waals surface area contributed by atoms with E-state index in [1.54, 1.807) is 58.3 Å². The molecule has 0 atom stereocenters. The van der Waals surface area contributed by atoms with Crippen LogP contribution in [0.1, 0.15) is 34.6 Å². The van der Waals surface area contributed by atoms with Crippen molar-refractivity contribution in [3.8, 4) is 0 Å². The number of piperazine rings is 1. The van der Waals surface area contributed by atoms with Gasteiger partial charge < -0.3 is 9.80 Å². The molecule has 0 radical (unpaired) electrons. The van der Waals surface area contributed by atoms with Crippen LogP contribution in [0.5, 0.6) is 0 Å². The van der Waals surface area contributed by atoms with Crippen molar-refractivity contribution >= 4 is 64.8 Å². The van der Waals surface area contributed by atoms with Gasteiger partial charge in [-0.1, -0.05) is 24.3 Å². The smallest absolute Gasteiger partial charge is 0.258 e. The first-order valence-corrected chi connectivity index (χ1v) is 16.7. The third-order valence-electron chi connectivity index (χ3n) is 8.56. The first kappa shape index (κ1) is 27.0. The molecule has 2 amide bonds. The fourth-order valence-electron chi connectivity index (χ4n) is 6.54. The Morgan fingerprint density at radius 1 is 0.571 bits per heavy atom. The maximum absolute atomic E-state index is 13.9. The third-order valence-corrected chi connectivity index (χ3v) is 12.5. The van der Waals surface area contributed by atoms with Crippen LogP contribution in [0.25, 0.3) is 21.5 Å². The molecular weight excluding hydrogens is 576 g/mol. The summed E-state index contributed by atoms with van der Waals surface area (Å²) < 4.78 is 58.1. The summed E-state index contributed by atoms with van der Waals surface area (Å²) in [5.41, 5.74) is 2.34. The average molecular weight is 605 g/mol. The lowest BCUT2D eigenvalue weighted by atomic mass is 10.1. The minimum absolute atomic E-state index is 0.0200. The molecule has 3 aliphatic rings. The standard InChI is InChI=1S/C30H28N4O6S2/c1-3-33-23-11-13-25(19-7-5-9-21(27(19)23)29(33)35)41(37,38)31-15-17-32(18-16-31)42(39,40)26-14-12-24-28-20(26)8-6-10-22(28)30(36)34(24)4-2/h5-14H,3-4,15-18H2,1-2H3. The quantitative estimate of drug-likeness (QED) is 0.332. The Balaban J connectivity index is 1.19. The highest BCUT2D eigenvalue weighted by Gasteiger charge is 2.38. The molecule has 10 nitrogen and oxygen atoms in total. The molecular formula is C30H28N4O6S2. The summed E-state index contributed by atoms with van der Waals surface area (Å²) >= 11 is 0. The summed E-state index contributed by atoms with van der Waals surface area (Å²) in [6.07, 6.45) is 0. The average Bonchev–Trinajstić information content (AvgIpc) is 3.44. The summed E-state index contributed by atoms with van der Waals surface area (Å²) in [5, 5.41) is 2.21. The van der Waals surface area contributed by atoms with Crippen LogP contribution in [-0.2, 0) is 20.0 Å². The van der Waals surface area contributed by atoms with Crippen LogP contribution >= 0.6 is 0 Å². The second-order valence-electron chi connectivity index (χ2n) is 10.5. The topological polar surface area (TPSA) is 115 Å². The summed E-state index contributed by atoms with van der Waals surface area (Å²) in [5.74, 6) is -0.303. The molecule has 4 aromatic carbocycles. The highest BCUT2D eigenvalue weighted by Crippen LogP contribution is 2.42. The van der Waals surface area contributed by atoms with E-state index in [4.69, 9.17) is 0 Å². The molecule has 0 aliphatic carbocycles. The van der Waals surface area contributed by atoms with Gasteiger partial charge in [-0.3, -0.25) is 9.59 Å². The number of amides is 2. The Bertz CT molecular complexity index is 1920. The van der Waals surface area contributed by atoms with Crippen molar-refractivity contribution in [2.45, 2.75) is 23.6 Å². The zero-order chi connectivity index (χ0) is 29.6. The van der Waals surface area contributed by atoms with Gasteiger partial charge in [-0.15, -0.1) is 0 Å². The van der Waals surface area contributed by atoms with E-state index in [0.29, 0.717) is 57.1 Å². The van der Waals surface area contributed by atoms with Crippen LogP contribution in [0.15, 0.2) is 70.5 Å². The van der Waals surface area contributed by atoms with Gasteiger partial charge in [-0.2, -0.15) is 8.61 Å². The van der Waals surface area contributed by atoms with E-state index in [2.05, 4.69) is 0 Å². The molecule has 12 heteroatoms. The van der Waals surface area contributed by atoms with Crippen molar-refractivity contribution in [2.24, 2.45) is 0 Å². The fraction of sp³-hybridized carbons (Fsp3) is 0.267. The number of rotatable bonds is 6. The third kappa shape index (κ3) is 3.55. The number of sulfonamides is 2. The van der Waals surface area contributed by atoms with Gasteiger partial charge in [0.1, 0.15) is 0 Å². The maximum atomic E-state index is 13.9. The lowest BCUT2D eigenvalue weighted by Crippen LogP contribution is -2.50. The van der Waals surface area contributed by atoms with Gasteiger partial charge in [0.25, 0.3) is 11.8 Å². The Hall–Kier alpha value is -3.84. The van der Waals surface area contributed by atoms with Gasteiger partial charge >= 0.3 is 0 Å². The summed E-state index contributed by atoms with van der Waals surface area (Å²) in [4.78, 5) is 29.2. The van der Waals surface area contributed by atoms with Crippen molar-refractivity contribution in [3.05, 3.63) is 71.8 Å². The Kier molecular flexibility index (Phi) is 6.00. The molecule has 0 N–H and O–H groups in total. The Morgan fingerprint density at radius 3 is 1.31 bits per heavy atom. The predicted molar refractivity (Wildman–Crippen MR) is 160 cm³/mol. The predicted octanol–water partition coefficient (Wildman–Crippen LogP) is 3.65. The first-order chi connectivity index (χ1) is 20.1. The second kappa shape index (κ2) is 9.33. The molecule has 0 bridgehead atoms. The molecule has 42 heavy (non-hydrogen) atoms. The van der Waals surface area contributed by atoms with E-state index < -0.39 is 20.0 Å². The van der Waals surface area contributed by atoms with Crippen molar-refractivity contribution in [3.63, 3.8) is 0 Å². The van der Waals surface area contributed by atoms with Crippen molar-refractivity contribution in [1.29, 1.82) is 0 Å². The van der Waals surface area contributed by atoms with Crippen LogP contribution in [0, 0.1) is 0 Å². The second-order valence-corrected chi connectivity index (χ2v) is 14.3. The van der Waals surface area contributed by atoms with Crippen molar-refractivity contribution in [2.75, 3.05) is 49.1 Å². The first-order valence-electron chi connectivity index (χ1n) is 13.9. The normalized spacial score (nSPS) is 17.8. The van der Waals surface area contributed by atoms with Gasteiger partial charge in [0.2, 0.25) is 20.0 Å². The molecule has 0 unspecified atom stereocenters. The van der Waals surface area contributed by atoms with Crippen LogP contribution in [0.4, 0.5) is 11.4 Å². The van der Waals surface area contributed by atoms with Crippen LogP contribution in [0.2, 0.25) is 0 Å². The lowest BCUT2D eigenvalue weighted by molar-refractivity contribution is 0.0986. The van der Waals surface area contributed by atoms with Gasteiger partial charge in [-0.25, -0.2) is 16.8 Å². The molecule has 0 spiro atoms. The summed E-state index contributed by atoms with van der Waals surface area (Å²) in [7, 11) is -7.97. The van der Waals surface area contributed by atoms with Crippen LogP contribution < -0.4 is 9.80 Å².